The van der Waals surface area contributed by atoms with Crippen LogP contribution in [0.5, 0.6) is 0 Å². The van der Waals surface area contributed by atoms with Gasteiger partial charge in [0.2, 0.25) is 0 Å². The van der Waals surface area contributed by atoms with Crippen molar-refractivity contribution < 1.29 is 9.13 Å². The fraction of sp³-hybridized carbons (Fsp3) is 0.429. The van der Waals surface area contributed by atoms with Crippen molar-refractivity contribution in [2.24, 2.45) is 0 Å². The first-order chi connectivity index (χ1) is 13.7. The Labute approximate surface area is 170 Å². The van der Waals surface area contributed by atoms with Crippen molar-refractivity contribution >= 4 is 33.3 Å². The SMILES string of the molecule is O=c1c2c3c(sc2nc(SC[C@@H]2CCCO2)n1-c1ccccc1F)CCCC3. The summed E-state index contributed by atoms with van der Waals surface area (Å²) in [5.41, 5.74) is 1.25. The van der Waals surface area contributed by atoms with Gasteiger partial charge >= 0.3 is 0 Å². The molecular formula is C21H21FN2O2S2. The molecule has 1 fully saturated rings. The highest BCUT2D eigenvalue weighted by atomic mass is 32.2. The molecule has 0 radical (unpaired) electrons. The zero-order valence-corrected chi connectivity index (χ0v) is 17.1. The molecule has 1 aliphatic heterocycles. The number of hydrogen-bond acceptors (Lipinski definition) is 5. The second kappa shape index (κ2) is 7.61. The van der Waals surface area contributed by atoms with E-state index < -0.39 is 5.82 Å². The summed E-state index contributed by atoms with van der Waals surface area (Å²) in [4.78, 5) is 20.5. The molecule has 1 atom stereocenters. The molecule has 0 amide bonds. The van der Waals surface area contributed by atoms with Gasteiger partial charge in [-0.3, -0.25) is 9.36 Å². The van der Waals surface area contributed by atoms with Crippen molar-refractivity contribution in [2.45, 2.75) is 49.8 Å². The second-order valence-electron chi connectivity index (χ2n) is 7.32. The average molecular weight is 417 g/mol. The molecular weight excluding hydrogens is 395 g/mol. The maximum absolute atomic E-state index is 14.6. The third-order valence-corrected chi connectivity index (χ3v) is 7.73. The lowest BCUT2D eigenvalue weighted by Crippen LogP contribution is -2.23. The minimum absolute atomic E-state index is 0.149. The predicted octanol–water partition coefficient (Wildman–Crippen LogP) is 4.74. The zero-order valence-electron chi connectivity index (χ0n) is 15.4. The predicted molar refractivity (Wildman–Crippen MR) is 112 cm³/mol. The summed E-state index contributed by atoms with van der Waals surface area (Å²) in [6.07, 6.45) is 6.42. The molecule has 146 valence electrons. The Morgan fingerprint density at radius 1 is 1.25 bits per heavy atom. The van der Waals surface area contributed by atoms with Gasteiger partial charge in [-0.25, -0.2) is 9.37 Å². The number of aryl methyl sites for hydroxylation is 2. The van der Waals surface area contributed by atoms with Crippen LogP contribution in [0.15, 0.2) is 34.2 Å². The van der Waals surface area contributed by atoms with E-state index in [-0.39, 0.29) is 17.4 Å². The largest absolute Gasteiger partial charge is 0.377 e. The summed E-state index contributed by atoms with van der Waals surface area (Å²) in [6.45, 7) is 0.787. The van der Waals surface area contributed by atoms with Gasteiger partial charge in [0.15, 0.2) is 5.16 Å². The molecule has 0 N–H and O–H groups in total. The van der Waals surface area contributed by atoms with Gasteiger partial charge in [-0.2, -0.15) is 0 Å². The van der Waals surface area contributed by atoms with E-state index in [2.05, 4.69) is 0 Å². The van der Waals surface area contributed by atoms with Crippen molar-refractivity contribution in [2.75, 3.05) is 12.4 Å². The zero-order chi connectivity index (χ0) is 19.1. The minimum Gasteiger partial charge on any atom is -0.377 e. The number of thiophene rings is 1. The molecule has 7 heteroatoms. The van der Waals surface area contributed by atoms with Gasteiger partial charge in [-0.05, 0) is 56.2 Å². The Bertz CT molecular complexity index is 1090. The molecule has 2 aromatic heterocycles. The fourth-order valence-electron chi connectivity index (χ4n) is 4.07. The van der Waals surface area contributed by atoms with E-state index in [1.54, 1.807) is 29.5 Å². The number of halogens is 1. The molecule has 0 saturated carbocycles. The number of hydrogen-bond donors (Lipinski definition) is 0. The van der Waals surface area contributed by atoms with Gasteiger partial charge in [-0.1, -0.05) is 23.9 Å². The van der Waals surface area contributed by atoms with Gasteiger partial charge < -0.3 is 4.74 Å². The van der Waals surface area contributed by atoms with E-state index >= 15 is 0 Å². The number of thioether (sulfide) groups is 1. The van der Waals surface area contributed by atoms with Crippen LogP contribution in [0.3, 0.4) is 0 Å². The number of aromatic nitrogens is 2. The maximum Gasteiger partial charge on any atom is 0.267 e. The molecule has 5 rings (SSSR count). The maximum atomic E-state index is 14.6. The lowest BCUT2D eigenvalue weighted by atomic mass is 9.97. The number of fused-ring (bicyclic) bond motifs is 3. The summed E-state index contributed by atoms with van der Waals surface area (Å²) < 4.78 is 21.8. The molecule has 0 bridgehead atoms. The number of ether oxygens (including phenoxy) is 1. The van der Waals surface area contributed by atoms with E-state index in [4.69, 9.17) is 9.72 Å². The van der Waals surface area contributed by atoms with Crippen LogP contribution >= 0.6 is 23.1 Å². The van der Waals surface area contributed by atoms with Crippen LogP contribution in [0.2, 0.25) is 0 Å². The minimum atomic E-state index is -0.409. The van der Waals surface area contributed by atoms with Crippen molar-refractivity contribution in [1.82, 2.24) is 9.55 Å². The van der Waals surface area contributed by atoms with Crippen LogP contribution in [-0.2, 0) is 17.6 Å². The van der Waals surface area contributed by atoms with Crippen LogP contribution in [0.4, 0.5) is 4.39 Å². The Morgan fingerprint density at radius 3 is 2.93 bits per heavy atom. The van der Waals surface area contributed by atoms with Gasteiger partial charge in [0, 0.05) is 17.2 Å². The summed E-state index contributed by atoms with van der Waals surface area (Å²) in [5.74, 6) is 0.311. The van der Waals surface area contributed by atoms with Gasteiger partial charge in [-0.15, -0.1) is 11.3 Å². The third-order valence-electron chi connectivity index (χ3n) is 5.47. The molecule has 1 aliphatic carbocycles. The molecule has 4 nitrogen and oxygen atoms in total. The molecule has 0 spiro atoms. The van der Waals surface area contributed by atoms with E-state index in [1.165, 1.54) is 27.3 Å². The smallest absolute Gasteiger partial charge is 0.267 e. The number of nitrogens with zero attached hydrogens (tertiary/aromatic N) is 2. The average Bonchev–Trinajstić information content (AvgIpc) is 3.34. The lowest BCUT2D eigenvalue weighted by molar-refractivity contribution is 0.129. The fourth-order valence-corrected chi connectivity index (χ4v) is 6.45. The van der Waals surface area contributed by atoms with Gasteiger partial charge in [0.1, 0.15) is 10.6 Å². The number of para-hydroxylation sites is 1. The molecule has 2 aliphatic rings. The first-order valence-corrected chi connectivity index (χ1v) is 11.6. The molecule has 0 unspecified atom stereocenters. The van der Waals surface area contributed by atoms with Crippen LogP contribution in [-0.4, -0.2) is 28.0 Å². The molecule has 3 heterocycles. The highest BCUT2D eigenvalue weighted by Crippen LogP contribution is 2.35. The van der Waals surface area contributed by atoms with E-state index in [9.17, 15) is 9.18 Å². The Hall–Kier alpha value is -1.70. The van der Waals surface area contributed by atoms with Crippen LogP contribution in [0.25, 0.3) is 15.9 Å². The molecule has 1 aromatic carbocycles. The molecule has 1 saturated heterocycles. The van der Waals surface area contributed by atoms with Crippen LogP contribution < -0.4 is 5.56 Å². The lowest BCUT2D eigenvalue weighted by Gasteiger charge is -2.15. The first kappa shape index (κ1) is 18.3. The molecule has 3 aromatic rings. The first-order valence-electron chi connectivity index (χ1n) is 9.79. The topological polar surface area (TPSA) is 44.1 Å². The van der Waals surface area contributed by atoms with E-state index in [0.717, 1.165) is 61.3 Å². The highest BCUT2D eigenvalue weighted by molar-refractivity contribution is 7.99. The van der Waals surface area contributed by atoms with Gasteiger partial charge in [0.25, 0.3) is 5.56 Å². The normalized spacial score (nSPS) is 19.2. The third kappa shape index (κ3) is 3.19. The number of rotatable bonds is 4. The standard InChI is InChI=1S/C21H21FN2O2S2/c22-15-8-2-3-9-16(15)24-20(25)18-14-7-1-4-10-17(14)28-19(18)23-21(24)27-12-13-6-5-11-26-13/h2-3,8-9,13H,1,4-7,10-12H2/t13-/m0/s1. The van der Waals surface area contributed by atoms with Crippen LogP contribution in [0.1, 0.15) is 36.1 Å². The van der Waals surface area contributed by atoms with Crippen LogP contribution in [0, 0.1) is 5.82 Å². The van der Waals surface area contributed by atoms with Crippen molar-refractivity contribution in [1.29, 1.82) is 0 Å². The summed E-state index contributed by atoms with van der Waals surface area (Å²) in [6, 6.07) is 6.44. The Kier molecular flexibility index (Phi) is 4.99. The van der Waals surface area contributed by atoms with Crippen molar-refractivity contribution in [3.05, 3.63) is 50.9 Å². The van der Waals surface area contributed by atoms with Crippen molar-refractivity contribution in [3.63, 3.8) is 0 Å². The van der Waals surface area contributed by atoms with E-state index in [0.29, 0.717) is 10.5 Å². The Balaban J connectivity index is 1.68. The Morgan fingerprint density at radius 2 is 2.11 bits per heavy atom. The summed E-state index contributed by atoms with van der Waals surface area (Å²) in [7, 11) is 0. The molecule has 28 heavy (non-hydrogen) atoms. The highest BCUT2D eigenvalue weighted by Gasteiger charge is 2.25. The van der Waals surface area contributed by atoms with Crippen molar-refractivity contribution in [3.8, 4) is 5.69 Å². The van der Waals surface area contributed by atoms with E-state index in [1.807, 2.05) is 0 Å². The second-order valence-corrected chi connectivity index (χ2v) is 9.39. The van der Waals surface area contributed by atoms with Gasteiger partial charge in [0.05, 0.1) is 17.2 Å². The summed E-state index contributed by atoms with van der Waals surface area (Å²) >= 11 is 3.12. The quantitative estimate of drug-likeness (QED) is 0.455. The number of benzene rings is 1. The monoisotopic (exact) mass is 416 g/mol. The summed E-state index contributed by atoms with van der Waals surface area (Å²) in [5, 5.41) is 1.24.